The number of rotatable bonds is 4. The van der Waals surface area contributed by atoms with E-state index in [9.17, 15) is 25.5 Å². The first-order valence-electron chi connectivity index (χ1n) is 6.84. The van der Waals surface area contributed by atoms with Gasteiger partial charge in [0.2, 0.25) is 0 Å². The SMILES string of the molecule is OCC1C[C@H](O)C(O)[C@@H](O[C@@H]2C(CO)OCC(O)[C@H]2O)O1. The van der Waals surface area contributed by atoms with Crippen LogP contribution in [0.25, 0.3) is 0 Å². The molecule has 0 aliphatic carbocycles. The minimum absolute atomic E-state index is 0.0489. The fourth-order valence-corrected chi connectivity index (χ4v) is 2.48. The summed E-state index contributed by atoms with van der Waals surface area (Å²) in [7, 11) is 0. The summed E-state index contributed by atoms with van der Waals surface area (Å²) in [5.74, 6) is 0. The van der Waals surface area contributed by atoms with Crippen molar-refractivity contribution in [3.8, 4) is 0 Å². The van der Waals surface area contributed by atoms with E-state index in [2.05, 4.69) is 0 Å². The summed E-state index contributed by atoms with van der Waals surface area (Å²) in [6.45, 7) is -0.967. The third kappa shape index (κ3) is 3.70. The Morgan fingerprint density at radius 2 is 1.67 bits per heavy atom. The molecular weight excluding hydrogens is 288 g/mol. The Hall–Kier alpha value is -0.360. The van der Waals surface area contributed by atoms with E-state index in [1.54, 1.807) is 0 Å². The van der Waals surface area contributed by atoms with Crippen LogP contribution in [-0.4, -0.2) is 99.5 Å². The lowest BCUT2D eigenvalue weighted by atomic mass is 9.99. The van der Waals surface area contributed by atoms with Gasteiger partial charge in [-0.05, 0) is 0 Å². The van der Waals surface area contributed by atoms with Crippen molar-refractivity contribution in [1.82, 2.24) is 0 Å². The largest absolute Gasteiger partial charge is 0.394 e. The quantitative estimate of drug-likeness (QED) is 0.308. The lowest BCUT2D eigenvalue weighted by molar-refractivity contribution is -0.319. The third-order valence-corrected chi connectivity index (χ3v) is 3.76. The van der Waals surface area contributed by atoms with Crippen LogP contribution in [0.1, 0.15) is 6.42 Å². The molecule has 2 aliphatic heterocycles. The Kier molecular flexibility index (Phi) is 5.88. The Bertz CT molecular complexity index is 326. The van der Waals surface area contributed by atoms with E-state index in [0.29, 0.717) is 0 Å². The second-order valence-electron chi connectivity index (χ2n) is 5.32. The van der Waals surface area contributed by atoms with Crippen LogP contribution in [0.15, 0.2) is 0 Å². The van der Waals surface area contributed by atoms with Gasteiger partial charge in [-0.1, -0.05) is 0 Å². The first-order chi connectivity index (χ1) is 9.97. The fraction of sp³-hybridized carbons (Fsp3) is 1.00. The van der Waals surface area contributed by atoms with Gasteiger partial charge in [0.25, 0.3) is 0 Å². The smallest absolute Gasteiger partial charge is 0.186 e. The van der Waals surface area contributed by atoms with Crippen LogP contribution in [-0.2, 0) is 14.2 Å². The predicted octanol–water partition coefficient (Wildman–Crippen LogP) is -3.69. The molecule has 0 saturated carbocycles. The summed E-state index contributed by atoms with van der Waals surface area (Å²) in [5, 5.41) is 57.4. The lowest BCUT2D eigenvalue weighted by Gasteiger charge is -2.42. The molecule has 9 heteroatoms. The zero-order valence-electron chi connectivity index (χ0n) is 11.4. The van der Waals surface area contributed by atoms with Gasteiger partial charge >= 0.3 is 0 Å². The van der Waals surface area contributed by atoms with Gasteiger partial charge in [-0.3, -0.25) is 0 Å². The molecule has 6 N–H and O–H groups in total. The summed E-state index contributed by atoms with van der Waals surface area (Å²) >= 11 is 0. The van der Waals surface area contributed by atoms with Crippen molar-refractivity contribution in [3.05, 3.63) is 0 Å². The molecule has 4 unspecified atom stereocenters. The average Bonchev–Trinajstić information content (AvgIpc) is 2.48. The maximum absolute atomic E-state index is 9.93. The lowest BCUT2D eigenvalue weighted by Crippen LogP contribution is -2.59. The summed E-state index contributed by atoms with van der Waals surface area (Å²) in [4.78, 5) is 0. The highest BCUT2D eigenvalue weighted by atomic mass is 16.7. The number of aliphatic hydroxyl groups excluding tert-OH is 6. The summed E-state index contributed by atoms with van der Waals surface area (Å²) in [6, 6.07) is 0. The maximum Gasteiger partial charge on any atom is 0.186 e. The summed E-state index contributed by atoms with van der Waals surface area (Å²) in [6.07, 6.45) is -9.07. The number of aliphatic hydroxyl groups is 6. The predicted molar refractivity (Wildman–Crippen MR) is 66.1 cm³/mol. The highest BCUT2D eigenvalue weighted by Gasteiger charge is 2.45. The van der Waals surface area contributed by atoms with E-state index in [4.69, 9.17) is 19.3 Å². The van der Waals surface area contributed by atoms with Gasteiger partial charge in [-0.2, -0.15) is 0 Å². The van der Waals surface area contributed by atoms with E-state index >= 15 is 0 Å². The van der Waals surface area contributed by atoms with Crippen LogP contribution in [0.3, 0.4) is 0 Å². The van der Waals surface area contributed by atoms with Crippen molar-refractivity contribution in [2.45, 2.75) is 55.4 Å². The zero-order valence-corrected chi connectivity index (χ0v) is 11.4. The molecule has 2 aliphatic rings. The Balaban J connectivity index is 2.05. The third-order valence-electron chi connectivity index (χ3n) is 3.76. The summed E-state index contributed by atoms with van der Waals surface area (Å²) < 4.78 is 15.8. The normalized spacial score (nSPS) is 48.3. The highest BCUT2D eigenvalue weighted by molar-refractivity contribution is 4.90. The standard InChI is InChI=1S/C12H22O9/c13-2-5-1-6(15)10(18)12(20-5)21-11-8(3-14)19-4-7(16)9(11)17/h5-18H,1-4H2/t5?,6-,7?,8?,9+,10?,11+,12+/m0/s1. The van der Waals surface area contributed by atoms with Gasteiger partial charge in [0.1, 0.15) is 30.5 Å². The minimum atomic E-state index is -1.38. The second-order valence-corrected chi connectivity index (χ2v) is 5.32. The van der Waals surface area contributed by atoms with Crippen LogP contribution in [0.4, 0.5) is 0 Å². The first kappa shape index (κ1) is 17.0. The van der Waals surface area contributed by atoms with E-state index < -0.39 is 55.6 Å². The van der Waals surface area contributed by atoms with Crippen molar-refractivity contribution >= 4 is 0 Å². The monoisotopic (exact) mass is 310 g/mol. The first-order valence-corrected chi connectivity index (χ1v) is 6.84. The molecule has 0 spiro atoms. The van der Waals surface area contributed by atoms with Crippen LogP contribution in [0.2, 0.25) is 0 Å². The van der Waals surface area contributed by atoms with Gasteiger partial charge < -0.3 is 44.8 Å². The number of hydrogen-bond acceptors (Lipinski definition) is 9. The topological polar surface area (TPSA) is 149 Å². The minimum Gasteiger partial charge on any atom is -0.394 e. The van der Waals surface area contributed by atoms with Crippen LogP contribution < -0.4 is 0 Å². The van der Waals surface area contributed by atoms with E-state index in [0.717, 1.165) is 0 Å². The number of ether oxygens (including phenoxy) is 3. The van der Waals surface area contributed by atoms with Crippen molar-refractivity contribution in [1.29, 1.82) is 0 Å². The molecule has 124 valence electrons. The molecule has 8 atom stereocenters. The molecule has 9 nitrogen and oxygen atoms in total. The molecule has 2 rings (SSSR count). The Labute approximate surface area is 121 Å². The van der Waals surface area contributed by atoms with Crippen molar-refractivity contribution in [2.75, 3.05) is 19.8 Å². The van der Waals surface area contributed by atoms with E-state index in [-0.39, 0.29) is 19.6 Å². The molecule has 2 fully saturated rings. The molecule has 2 saturated heterocycles. The molecular formula is C12H22O9. The van der Waals surface area contributed by atoms with E-state index in [1.165, 1.54) is 0 Å². The Morgan fingerprint density at radius 1 is 0.952 bits per heavy atom. The van der Waals surface area contributed by atoms with Crippen LogP contribution in [0.5, 0.6) is 0 Å². The van der Waals surface area contributed by atoms with Crippen molar-refractivity contribution < 1.29 is 44.8 Å². The molecule has 0 aromatic heterocycles. The summed E-state index contributed by atoms with van der Waals surface area (Å²) in [5.41, 5.74) is 0. The van der Waals surface area contributed by atoms with Gasteiger partial charge in [0.15, 0.2) is 6.29 Å². The molecule has 0 aromatic rings. The fourth-order valence-electron chi connectivity index (χ4n) is 2.48. The van der Waals surface area contributed by atoms with Gasteiger partial charge in [0, 0.05) is 6.42 Å². The average molecular weight is 310 g/mol. The molecule has 0 amide bonds. The van der Waals surface area contributed by atoms with Crippen molar-refractivity contribution in [2.24, 2.45) is 0 Å². The number of hydrogen-bond donors (Lipinski definition) is 6. The van der Waals surface area contributed by atoms with Crippen LogP contribution >= 0.6 is 0 Å². The zero-order chi connectivity index (χ0) is 15.6. The molecule has 2 heterocycles. The van der Waals surface area contributed by atoms with Crippen LogP contribution in [0, 0.1) is 0 Å². The Morgan fingerprint density at radius 3 is 2.29 bits per heavy atom. The highest BCUT2D eigenvalue weighted by Crippen LogP contribution is 2.26. The van der Waals surface area contributed by atoms with Gasteiger partial charge in [-0.15, -0.1) is 0 Å². The molecule has 0 radical (unpaired) electrons. The second kappa shape index (κ2) is 7.27. The van der Waals surface area contributed by atoms with Gasteiger partial charge in [-0.25, -0.2) is 0 Å². The maximum atomic E-state index is 9.93. The van der Waals surface area contributed by atoms with Crippen molar-refractivity contribution in [3.63, 3.8) is 0 Å². The molecule has 0 bridgehead atoms. The van der Waals surface area contributed by atoms with E-state index in [1.807, 2.05) is 0 Å². The molecule has 0 aromatic carbocycles. The van der Waals surface area contributed by atoms with Gasteiger partial charge in [0.05, 0.1) is 32.0 Å². The molecule has 21 heavy (non-hydrogen) atoms.